The van der Waals surface area contributed by atoms with Gasteiger partial charge in [0.25, 0.3) is 0 Å². The molecule has 0 amide bonds. The summed E-state index contributed by atoms with van der Waals surface area (Å²) in [6.07, 6.45) is 1.88. The van der Waals surface area contributed by atoms with Crippen molar-refractivity contribution in [2.75, 3.05) is 12.3 Å². The number of rotatable bonds is 2. The van der Waals surface area contributed by atoms with Crippen molar-refractivity contribution in [3.63, 3.8) is 0 Å². The lowest BCUT2D eigenvalue weighted by atomic mass is 10.1. The Morgan fingerprint density at radius 2 is 2.00 bits per heavy atom. The molecule has 0 atom stereocenters. The van der Waals surface area contributed by atoms with E-state index in [1.54, 1.807) is 25.6 Å². The first-order valence-electron chi connectivity index (χ1n) is 6.91. The van der Waals surface area contributed by atoms with Gasteiger partial charge in [0, 0.05) is 19.2 Å². The quantitative estimate of drug-likeness (QED) is 0.844. The molecule has 0 saturated heterocycles. The number of sulfonamides is 1. The highest BCUT2D eigenvalue weighted by molar-refractivity contribution is 7.89. The lowest BCUT2D eigenvalue weighted by Crippen LogP contribution is -2.37. The van der Waals surface area contributed by atoms with Gasteiger partial charge in [-0.15, -0.1) is 0 Å². The predicted molar refractivity (Wildman–Crippen MR) is 80.4 cm³/mol. The van der Waals surface area contributed by atoms with Crippen LogP contribution in [0.25, 0.3) is 0 Å². The van der Waals surface area contributed by atoms with Crippen LogP contribution in [-0.4, -0.2) is 39.0 Å². The van der Waals surface area contributed by atoms with E-state index in [1.165, 1.54) is 10.6 Å². The zero-order valence-corrected chi connectivity index (χ0v) is 13.6. The molecule has 0 fully saturated rings. The molecule has 2 N–H and O–H groups in total. The summed E-state index contributed by atoms with van der Waals surface area (Å²) >= 11 is 0. The number of nitrogens with zero attached hydrogens (tertiary/aromatic N) is 5. The molecule has 8 nitrogen and oxygen atoms in total. The van der Waals surface area contributed by atoms with Crippen LogP contribution in [0.15, 0.2) is 11.2 Å². The van der Waals surface area contributed by atoms with Crippen molar-refractivity contribution < 1.29 is 8.42 Å². The number of hydrogen-bond donors (Lipinski definition) is 1. The zero-order valence-electron chi connectivity index (χ0n) is 12.7. The van der Waals surface area contributed by atoms with Gasteiger partial charge < -0.3 is 5.73 Å². The summed E-state index contributed by atoms with van der Waals surface area (Å²) in [7, 11) is -1.87. The number of hydrogen-bond acceptors (Lipinski definition) is 6. The molecule has 0 unspecified atom stereocenters. The molecule has 3 heterocycles. The number of aryl methyl sites for hydroxylation is 2. The van der Waals surface area contributed by atoms with E-state index in [0.717, 1.165) is 5.56 Å². The molecule has 3 rings (SSSR count). The maximum Gasteiger partial charge on any atom is 0.247 e. The number of aromatic nitrogens is 4. The van der Waals surface area contributed by atoms with Crippen molar-refractivity contribution >= 4 is 15.8 Å². The van der Waals surface area contributed by atoms with Crippen molar-refractivity contribution in [1.29, 1.82) is 0 Å². The van der Waals surface area contributed by atoms with E-state index in [9.17, 15) is 8.42 Å². The molecular formula is C13H18N6O2S. The maximum atomic E-state index is 12.9. The summed E-state index contributed by atoms with van der Waals surface area (Å²) in [6.45, 7) is 4.03. The first kappa shape index (κ1) is 14.9. The summed E-state index contributed by atoms with van der Waals surface area (Å²) in [4.78, 5) is 8.40. The Hall–Kier alpha value is -2.00. The predicted octanol–water partition coefficient (Wildman–Crippen LogP) is 0.156. The molecule has 0 saturated carbocycles. The van der Waals surface area contributed by atoms with Gasteiger partial charge in [-0.1, -0.05) is 0 Å². The monoisotopic (exact) mass is 322 g/mol. The van der Waals surface area contributed by atoms with Crippen LogP contribution in [0.2, 0.25) is 0 Å². The van der Waals surface area contributed by atoms with Gasteiger partial charge in [0.05, 0.1) is 23.6 Å². The van der Waals surface area contributed by atoms with Gasteiger partial charge in [-0.25, -0.2) is 18.4 Å². The zero-order chi connectivity index (χ0) is 16.1. The highest BCUT2D eigenvalue weighted by Gasteiger charge is 2.33. The third kappa shape index (κ3) is 2.17. The van der Waals surface area contributed by atoms with Crippen LogP contribution in [0.4, 0.5) is 5.82 Å². The van der Waals surface area contributed by atoms with Gasteiger partial charge in [0.1, 0.15) is 17.0 Å². The third-order valence-corrected chi connectivity index (χ3v) is 6.14. The SMILES string of the molecule is Cc1nn(C)c(C)c1S(=O)(=O)N1CCc2c(N)ncnc2C1. The van der Waals surface area contributed by atoms with Gasteiger partial charge in [-0.3, -0.25) is 4.68 Å². The van der Waals surface area contributed by atoms with E-state index >= 15 is 0 Å². The molecule has 2 aromatic heterocycles. The van der Waals surface area contributed by atoms with Crippen LogP contribution in [-0.2, 0) is 30.0 Å². The van der Waals surface area contributed by atoms with Crippen LogP contribution in [0.3, 0.4) is 0 Å². The summed E-state index contributed by atoms with van der Waals surface area (Å²) in [5, 5.41) is 4.20. The van der Waals surface area contributed by atoms with E-state index in [0.29, 0.717) is 35.9 Å². The molecule has 9 heteroatoms. The molecule has 118 valence electrons. The second kappa shape index (κ2) is 5.03. The first-order chi connectivity index (χ1) is 10.3. The Morgan fingerprint density at radius 3 is 2.64 bits per heavy atom. The topological polar surface area (TPSA) is 107 Å². The second-order valence-electron chi connectivity index (χ2n) is 5.40. The van der Waals surface area contributed by atoms with E-state index in [-0.39, 0.29) is 11.4 Å². The Labute approximate surface area is 129 Å². The molecule has 22 heavy (non-hydrogen) atoms. The minimum atomic E-state index is -3.61. The van der Waals surface area contributed by atoms with Gasteiger partial charge in [-0.05, 0) is 20.3 Å². The van der Waals surface area contributed by atoms with Crippen LogP contribution < -0.4 is 5.73 Å². The molecule has 0 radical (unpaired) electrons. The molecule has 1 aliphatic heterocycles. The normalized spacial score (nSPS) is 15.8. The number of anilines is 1. The standard InChI is InChI=1S/C13H18N6O2S/c1-8-12(9(2)18(3)17-8)22(20,21)19-5-4-10-11(6-19)15-7-16-13(10)14/h7H,4-6H2,1-3H3,(H2,14,15,16). The second-order valence-corrected chi connectivity index (χ2v) is 7.27. The highest BCUT2D eigenvalue weighted by Crippen LogP contribution is 2.28. The smallest absolute Gasteiger partial charge is 0.247 e. The minimum absolute atomic E-state index is 0.207. The van der Waals surface area contributed by atoms with E-state index < -0.39 is 10.0 Å². The number of nitrogens with two attached hydrogens (primary N) is 1. The Kier molecular flexibility index (Phi) is 3.41. The molecule has 0 aromatic carbocycles. The van der Waals surface area contributed by atoms with E-state index in [1.807, 2.05) is 0 Å². The fourth-order valence-corrected chi connectivity index (χ4v) is 4.62. The minimum Gasteiger partial charge on any atom is -0.383 e. The molecular weight excluding hydrogens is 304 g/mol. The maximum absolute atomic E-state index is 12.9. The summed E-state index contributed by atoms with van der Waals surface area (Å²) < 4.78 is 28.9. The average molecular weight is 322 g/mol. The summed E-state index contributed by atoms with van der Waals surface area (Å²) in [5.74, 6) is 0.427. The van der Waals surface area contributed by atoms with Crippen molar-refractivity contribution in [3.05, 3.63) is 29.0 Å². The third-order valence-electron chi connectivity index (χ3n) is 4.05. The van der Waals surface area contributed by atoms with E-state index in [2.05, 4.69) is 15.1 Å². The van der Waals surface area contributed by atoms with Crippen molar-refractivity contribution in [3.8, 4) is 0 Å². The van der Waals surface area contributed by atoms with Crippen LogP contribution in [0.5, 0.6) is 0 Å². The fraction of sp³-hybridized carbons (Fsp3) is 0.462. The van der Waals surface area contributed by atoms with Crippen molar-refractivity contribution in [2.45, 2.75) is 31.7 Å². The summed E-state index contributed by atoms with van der Waals surface area (Å²) in [6, 6.07) is 0. The summed E-state index contributed by atoms with van der Waals surface area (Å²) in [5.41, 5.74) is 8.47. The molecule has 1 aliphatic rings. The van der Waals surface area contributed by atoms with E-state index in [4.69, 9.17) is 5.73 Å². The lowest BCUT2D eigenvalue weighted by molar-refractivity contribution is 0.384. The van der Waals surface area contributed by atoms with Crippen LogP contribution in [0.1, 0.15) is 22.6 Å². The molecule has 0 bridgehead atoms. The number of fused-ring (bicyclic) bond motifs is 1. The number of nitrogen functional groups attached to an aromatic ring is 1. The van der Waals surface area contributed by atoms with Gasteiger partial charge in [-0.2, -0.15) is 9.40 Å². The molecule has 2 aromatic rings. The van der Waals surface area contributed by atoms with Crippen LogP contribution in [0, 0.1) is 13.8 Å². The highest BCUT2D eigenvalue weighted by atomic mass is 32.2. The van der Waals surface area contributed by atoms with Gasteiger partial charge in [0.15, 0.2) is 0 Å². The average Bonchev–Trinajstić information content (AvgIpc) is 2.72. The largest absolute Gasteiger partial charge is 0.383 e. The fourth-order valence-electron chi connectivity index (χ4n) is 2.82. The van der Waals surface area contributed by atoms with Crippen LogP contribution >= 0.6 is 0 Å². The Morgan fingerprint density at radius 1 is 1.27 bits per heavy atom. The molecule has 0 spiro atoms. The van der Waals surface area contributed by atoms with Crippen molar-refractivity contribution in [2.24, 2.45) is 7.05 Å². The van der Waals surface area contributed by atoms with Gasteiger partial charge >= 0.3 is 0 Å². The first-order valence-corrected chi connectivity index (χ1v) is 8.35. The van der Waals surface area contributed by atoms with Gasteiger partial charge in [0.2, 0.25) is 10.0 Å². The Bertz CT molecular complexity index is 842. The lowest BCUT2D eigenvalue weighted by Gasteiger charge is -2.27. The van der Waals surface area contributed by atoms with Crippen molar-refractivity contribution in [1.82, 2.24) is 24.1 Å². The Balaban J connectivity index is 2.02. The molecule has 0 aliphatic carbocycles.